The first kappa shape index (κ1) is 15.2. The molecule has 0 amide bonds. The lowest BCUT2D eigenvalue weighted by Crippen LogP contribution is -2.38. The van der Waals surface area contributed by atoms with Gasteiger partial charge in [-0.1, -0.05) is 0 Å². The average Bonchev–Trinajstić information content (AvgIpc) is 2.46. The highest BCUT2D eigenvalue weighted by Gasteiger charge is 2.12. The van der Waals surface area contributed by atoms with E-state index in [1.165, 1.54) is 24.2 Å². The van der Waals surface area contributed by atoms with Crippen molar-refractivity contribution in [2.45, 2.75) is 39.7 Å². The third-order valence-electron chi connectivity index (χ3n) is 4.27. The van der Waals surface area contributed by atoms with Crippen LogP contribution in [0.2, 0.25) is 0 Å². The Labute approximate surface area is 124 Å². The van der Waals surface area contributed by atoms with Crippen molar-refractivity contribution in [2.75, 3.05) is 42.5 Å². The van der Waals surface area contributed by atoms with Crippen LogP contribution in [0, 0.1) is 0 Å². The van der Waals surface area contributed by atoms with Gasteiger partial charge in [-0.25, -0.2) is 0 Å². The fraction of sp³-hybridized carbons (Fsp3) is 0.647. The number of rotatable bonds is 4. The highest BCUT2D eigenvalue weighted by atomic mass is 15.1. The monoisotopic (exact) mass is 275 g/mol. The number of hydrogen-bond donors (Lipinski definition) is 1. The summed E-state index contributed by atoms with van der Waals surface area (Å²) in [5.74, 6) is 0. The number of benzene rings is 1. The molecular formula is C17H29N3. The van der Waals surface area contributed by atoms with Gasteiger partial charge in [0.05, 0.1) is 0 Å². The Kier molecular flexibility index (Phi) is 5.72. The van der Waals surface area contributed by atoms with E-state index in [-0.39, 0.29) is 0 Å². The maximum atomic E-state index is 3.56. The maximum absolute atomic E-state index is 3.56. The van der Waals surface area contributed by atoms with E-state index < -0.39 is 0 Å². The van der Waals surface area contributed by atoms with Gasteiger partial charge in [-0.2, -0.15) is 0 Å². The molecule has 1 aliphatic heterocycles. The van der Waals surface area contributed by atoms with Crippen LogP contribution in [0.4, 0.5) is 11.4 Å². The van der Waals surface area contributed by atoms with Crippen LogP contribution >= 0.6 is 0 Å². The van der Waals surface area contributed by atoms with Crippen LogP contribution in [-0.2, 0) is 0 Å². The van der Waals surface area contributed by atoms with E-state index in [0.29, 0.717) is 6.04 Å². The number of nitrogens with zero attached hydrogens (tertiary/aromatic N) is 2. The van der Waals surface area contributed by atoms with Gasteiger partial charge < -0.3 is 15.1 Å². The summed E-state index contributed by atoms with van der Waals surface area (Å²) in [6, 6.07) is 9.74. The summed E-state index contributed by atoms with van der Waals surface area (Å²) in [6.07, 6.45) is 2.44. The molecule has 1 atom stereocenters. The van der Waals surface area contributed by atoms with Crippen molar-refractivity contribution in [3.05, 3.63) is 24.3 Å². The van der Waals surface area contributed by atoms with Gasteiger partial charge in [-0.05, 0) is 64.4 Å². The van der Waals surface area contributed by atoms with Gasteiger partial charge in [0, 0.05) is 43.6 Å². The van der Waals surface area contributed by atoms with Crippen molar-refractivity contribution in [3.8, 4) is 0 Å². The number of anilines is 2. The molecule has 3 nitrogen and oxygen atoms in total. The Morgan fingerprint density at radius 2 is 1.85 bits per heavy atom. The van der Waals surface area contributed by atoms with Gasteiger partial charge >= 0.3 is 0 Å². The molecule has 0 aliphatic carbocycles. The van der Waals surface area contributed by atoms with Crippen molar-refractivity contribution in [1.29, 1.82) is 0 Å². The van der Waals surface area contributed by atoms with Crippen molar-refractivity contribution in [2.24, 2.45) is 0 Å². The molecule has 20 heavy (non-hydrogen) atoms. The number of hydrogen-bond acceptors (Lipinski definition) is 3. The highest BCUT2D eigenvalue weighted by molar-refractivity contribution is 5.56. The molecule has 0 spiro atoms. The molecule has 0 saturated carbocycles. The van der Waals surface area contributed by atoms with Crippen LogP contribution in [0.3, 0.4) is 0 Å². The lowest BCUT2D eigenvalue weighted by atomic mass is 10.1. The Morgan fingerprint density at radius 3 is 2.50 bits per heavy atom. The first-order valence-corrected chi connectivity index (χ1v) is 8.08. The van der Waals surface area contributed by atoms with E-state index in [2.05, 4.69) is 60.2 Å². The van der Waals surface area contributed by atoms with Gasteiger partial charge in [0.15, 0.2) is 0 Å². The highest BCUT2D eigenvalue weighted by Crippen LogP contribution is 2.21. The van der Waals surface area contributed by atoms with E-state index in [0.717, 1.165) is 32.7 Å². The molecule has 1 aliphatic rings. The summed E-state index contributed by atoms with van der Waals surface area (Å²) in [5.41, 5.74) is 2.70. The predicted octanol–water partition coefficient (Wildman–Crippen LogP) is 3.11. The SMILES string of the molecule is CCN(CC)c1ccc(N2CCCNC(C)CC2)cc1. The average molecular weight is 275 g/mol. The molecule has 1 N–H and O–H groups in total. The summed E-state index contributed by atoms with van der Waals surface area (Å²) in [7, 11) is 0. The topological polar surface area (TPSA) is 18.5 Å². The standard InChI is InChI=1S/C17H29N3/c1-4-19(5-2)16-7-9-17(10-8-16)20-13-6-12-18-15(3)11-14-20/h7-10,15,18H,4-6,11-14H2,1-3H3. The maximum Gasteiger partial charge on any atom is 0.0367 e. The Balaban J connectivity index is 2.04. The second-order valence-electron chi connectivity index (χ2n) is 5.67. The lowest BCUT2D eigenvalue weighted by Gasteiger charge is -2.30. The Morgan fingerprint density at radius 1 is 1.15 bits per heavy atom. The van der Waals surface area contributed by atoms with Crippen LogP contribution in [0.5, 0.6) is 0 Å². The van der Waals surface area contributed by atoms with Gasteiger partial charge in [0.25, 0.3) is 0 Å². The predicted molar refractivity (Wildman–Crippen MR) is 88.9 cm³/mol. The van der Waals surface area contributed by atoms with E-state index in [9.17, 15) is 0 Å². The van der Waals surface area contributed by atoms with Crippen molar-refractivity contribution < 1.29 is 0 Å². The zero-order chi connectivity index (χ0) is 14.4. The quantitative estimate of drug-likeness (QED) is 0.911. The summed E-state index contributed by atoms with van der Waals surface area (Å²) in [6.45, 7) is 12.3. The molecule has 0 bridgehead atoms. The third-order valence-corrected chi connectivity index (χ3v) is 4.27. The van der Waals surface area contributed by atoms with Crippen LogP contribution in [0.15, 0.2) is 24.3 Å². The summed E-state index contributed by atoms with van der Waals surface area (Å²) in [5, 5.41) is 3.56. The molecule has 3 heteroatoms. The molecular weight excluding hydrogens is 246 g/mol. The first-order chi connectivity index (χ1) is 9.74. The summed E-state index contributed by atoms with van der Waals surface area (Å²) >= 11 is 0. The largest absolute Gasteiger partial charge is 0.372 e. The lowest BCUT2D eigenvalue weighted by molar-refractivity contribution is 0.475. The molecule has 1 unspecified atom stereocenters. The minimum Gasteiger partial charge on any atom is -0.372 e. The van der Waals surface area contributed by atoms with Crippen molar-refractivity contribution in [1.82, 2.24) is 5.32 Å². The Hall–Kier alpha value is -1.22. The van der Waals surface area contributed by atoms with Crippen LogP contribution in [0.1, 0.15) is 33.6 Å². The molecule has 1 heterocycles. The second-order valence-corrected chi connectivity index (χ2v) is 5.67. The molecule has 1 saturated heterocycles. The van der Waals surface area contributed by atoms with E-state index >= 15 is 0 Å². The van der Waals surface area contributed by atoms with E-state index in [1.807, 2.05) is 0 Å². The molecule has 0 radical (unpaired) electrons. The fourth-order valence-corrected chi connectivity index (χ4v) is 2.90. The van der Waals surface area contributed by atoms with E-state index in [4.69, 9.17) is 0 Å². The molecule has 2 rings (SSSR count). The molecule has 1 aromatic carbocycles. The van der Waals surface area contributed by atoms with Gasteiger partial charge in [0.1, 0.15) is 0 Å². The van der Waals surface area contributed by atoms with Gasteiger partial charge in [-0.15, -0.1) is 0 Å². The molecule has 1 fully saturated rings. The van der Waals surface area contributed by atoms with Crippen LogP contribution < -0.4 is 15.1 Å². The zero-order valence-electron chi connectivity index (χ0n) is 13.2. The molecule has 0 aromatic heterocycles. The molecule has 1 aromatic rings. The van der Waals surface area contributed by atoms with Gasteiger partial charge in [0.2, 0.25) is 0 Å². The van der Waals surface area contributed by atoms with Crippen molar-refractivity contribution >= 4 is 11.4 Å². The zero-order valence-corrected chi connectivity index (χ0v) is 13.2. The third kappa shape index (κ3) is 3.89. The fourth-order valence-electron chi connectivity index (χ4n) is 2.90. The molecule has 112 valence electrons. The second kappa shape index (κ2) is 7.53. The van der Waals surface area contributed by atoms with Crippen LogP contribution in [-0.4, -0.2) is 38.8 Å². The van der Waals surface area contributed by atoms with E-state index in [1.54, 1.807) is 0 Å². The number of nitrogens with one attached hydrogen (secondary N) is 1. The minimum atomic E-state index is 0.632. The summed E-state index contributed by atoms with van der Waals surface area (Å²) in [4.78, 5) is 4.92. The summed E-state index contributed by atoms with van der Waals surface area (Å²) < 4.78 is 0. The van der Waals surface area contributed by atoms with Crippen molar-refractivity contribution in [3.63, 3.8) is 0 Å². The smallest absolute Gasteiger partial charge is 0.0367 e. The Bertz CT molecular complexity index is 384. The minimum absolute atomic E-state index is 0.632. The normalized spacial score (nSPS) is 20.4. The van der Waals surface area contributed by atoms with Crippen LogP contribution in [0.25, 0.3) is 0 Å². The van der Waals surface area contributed by atoms with Gasteiger partial charge in [-0.3, -0.25) is 0 Å². The first-order valence-electron chi connectivity index (χ1n) is 8.08.